The molecule has 0 saturated carbocycles. The molecule has 1 amide bonds. The molecule has 0 unspecified atom stereocenters. The van der Waals surface area contributed by atoms with Crippen LogP contribution < -0.4 is 0 Å². The molecule has 0 N–H and O–H groups in total. The number of carbonyl (C=O) groups excluding carboxylic acids is 1. The summed E-state index contributed by atoms with van der Waals surface area (Å²) in [5.41, 5.74) is 0. The van der Waals surface area contributed by atoms with Gasteiger partial charge in [-0.3, -0.25) is 4.79 Å². The first-order valence-corrected chi connectivity index (χ1v) is 13.2. The summed E-state index contributed by atoms with van der Waals surface area (Å²) >= 11 is 0. The fourth-order valence-corrected chi connectivity index (χ4v) is 4.04. The summed E-state index contributed by atoms with van der Waals surface area (Å²) < 4.78 is 0. The van der Waals surface area contributed by atoms with Crippen molar-refractivity contribution < 1.29 is 4.79 Å². The average Bonchev–Trinajstić information content (AvgIpc) is 2.74. The minimum absolute atomic E-state index is 0.122. The van der Waals surface area contributed by atoms with Gasteiger partial charge in [0.25, 0.3) is 0 Å². The third kappa shape index (κ3) is 20.3. The molecule has 0 fully saturated rings. The SMILES string of the molecule is C=CC(=O)N(CCCCCCCCCCCC)CCCCCCCCCCCC. The Bertz CT molecular complexity index is 328. The molecule has 0 aliphatic rings. The number of nitrogens with zero attached hydrogens (tertiary/aromatic N) is 1. The van der Waals surface area contributed by atoms with E-state index in [0.717, 1.165) is 25.9 Å². The van der Waals surface area contributed by atoms with Gasteiger partial charge in [-0.05, 0) is 18.9 Å². The highest BCUT2D eigenvalue weighted by Crippen LogP contribution is 2.13. The Morgan fingerprint density at radius 1 is 0.552 bits per heavy atom. The third-order valence-electron chi connectivity index (χ3n) is 6.05. The predicted octanol–water partition coefficient (Wildman–Crippen LogP) is 8.84. The maximum atomic E-state index is 12.1. The number of hydrogen-bond donors (Lipinski definition) is 0. The Labute approximate surface area is 183 Å². The first-order chi connectivity index (χ1) is 14.3. The zero-order chi connectivity index (χ0) is 21.4. The predicted molar refractivity (Wildman–Crippen MR) is 130 cm³/mol. The molecule has 0 spiro atoms. The standard InChI is InChI=1S/C27H53NO/c1-4-7-9-11-13-15-17-19-21-23-25-28(27(29)6-3)26-24-22-20-18-16-14-12-10-8-5-2/h6H,3-5,7-26H2,1-2H3. The number of unbranched alkanes of at least 4 members (excludes halogenated alkanes) is 18. The van der Waals surface area contributed by atoms with Crippen LogP contribution in [-0.4, -0.2) is 23.9 Å². The Hall–Kier alpha value is -0.790. The van der Waals surface area contributed by atoms with E-state index in [1.54, 1.807) is 0 Å². The highest BCUT2D eigenvalue weighted by atomic mass is 16.2. The summed E-state index contributed by atoms with van der Waals surface area (Å²) in [5, 5.41) is 0. The average molecular weight is 408 g/mol. The summed E-state index contributed by atoms with van der Waals surface area (Å²) in [7, 11) is 0. The summed E-state index contributed by atoms with van der Waals surface area (Å²) in [6, 6.07) is 0. The van der Waals surface area contributed by atoms with Crippen molar-refractivity contribution in [3.05, 3.63) is 12.7 Å². The molecule has 0 radical (unpaired) electrons. The summed E-state index contributed by atoms with van der Waals surface area (Å²) in [5.74, 6) is 0.122. The van der Waals surface area contributed by atoms with E-state index >= 15 is 0 Å². The molecule has 0 rings (SSSR count). The molecule has 172 valence electrons. The summed E-state index contributed by atoms with van der Waals surface area (Å²) in [6.07, 6.45) is 28.3. The Balaban J connectivity index is 3.60. The van der Waals surface area contributed by atoms with Gasteiger partial charge in [-0.2, -0.15) is 0 Å². The van der Waals surface area contributed by atoms with E-state index in [0.29, 0.717) is 0 Å². The van der Waals surface area contributed by atoms with Crippen molar-refractivity contribution in [3.63, 3.8) is 0 Å². The van der Waals surface area contributed by atoms with Crippen molar-refractivity contribution in [1.29, 1.82) is 0 Å². The quantitative estimate of drug-likeness (QED) is 0.122. The Kier molecular flexibility index (Phi) is 22.8. The van der Waals surface area contributed by atoms with Gasteiger partial charge in [0.15, 0.2) is 0 Å². The third-order valence-corrected chi connectivity index (χ3v) is 6.05. The van der Waals surface area contributed by atoms with Gasteiger partial charge in [-0.15, -0.1) is 0 Å². The highest BCUT2D eigenvalue weighted by molar-refractivity contribution is 5.86. The van der Waals surface area contributed by atoms with Crippen molar-refractivity contribution in [2.45, 2.75) is 142 Å². The monoisotopic (exact) mass is 407 g/mol. The van der Waals surface area contributed by atoms with Gasteiger partial charge in [-0.25, -0.2) is 0 Å². The smallest absolute Gasteiger partial charge is 0.245 e. The topological polar surface area (TPSA) is 20.3 Å². The molecule has 0 aromatic carbocycles. The lowest BCUT2D eigenvalue weighted by atomic mass is 10.1. The molecular weight excluding hydrogens is 354 g/mol. The van der Waals surface area contributed by atoms with Crippen LogP contribution in [0, 0.1) is 0 Å². The van der Waals surface area contributed by atoms with E-state index < -0.39 is 0 Å². The first-order valence-electron chi connectivity index (χ1n) is 13.2. The molecule has 29 heavy (non-hydrogen) atoms. The van der Waals surface area contributed by atoms with Crippen molar-refractivity contribution in [2.75, 3.05) is 13.1 Å². The van der Waals surface area contributed by atoms with Gasteiger partial charge >= 0.3 is 0 Å². The largest absolute Gasteiger partial charge is 0.339 e. The van der Waals surface area contributed by atoms with Crippen LogP contribution >= 0.6 is 0 Å². The van der Waals surface area contributed by atoms with Crippen LogP contribution in [0.2, 0.25) is 0 Å². The van der Waals surface area contributed by atoms with Crippen LogP contribution in [-0.2, 0) is 4.79 Å². The zero-order valence-corrected chi connectivity index (χ0v) is 20.2. The van der Waals surface area contributed by atoms with Crippen molar-refractivity contribution in [3.8, 4) is 0 Å². The Morgan fingerprint density at radius 2 is 0.828 bits per heavy atom. The fraction of sp³-hybridized carbons (Fsp3) is 0.889. The van der Waals surface area contributed by atoms with Crippen molar-refractivity contribution in [2.24, 2.45) is 0 Å². The molecule has 0 aromatic heterocycles. The minimum Gasteiger partial charge on any atom is -0.339 e. The maximum absolute atomic E-state index is 12.1. The van der Waals surface area contributed by atoms with Crippen molar-refractivity contribution in [1.82, 2.24) is 4.90 Å². The fourth-order valence-electron chi connectivity index (χ4n) is 4.04. The molecule has 0 heterocycles. The molecule has 2 heteroatoms. The van der Waals surface area contributed by atoms with Crippen LogP contribution in [0.25, 0.3) is 0 Å². The molecule has 0 saturated heterocycles. The number of amides is 1. The van der Waals surface area contributed by atoms with E-state index in [1.165, 1.54) is 122 Å². The molecule has 0 bridgehead atoms. The minimum atomic E-state index is 0.122. The molecule has 2 nitrogen and oxygen atoms in total. The molecule has 0 atom stereocenters. The lowest BCUT2D eigenvalue weighted by Gasteiger charge is -2.21. The molecule has 0 aromatic rings. The van der Waals surface area contributed by atoms with E-state index in [2.05, 4.69) is 20.4 Å². The van der Waals surface area contributed by atoms with E-state index in [4.69, 9.17) is 0 Å². The van der Waals surface area contributed by atoms with E-state index in [-0.39, 0.29) is 5.91 Å². The van der Waals surface area contributed by atoms with E-state index in [9.17, 15) is 4.79 Å². The van der Waals surface area contributed by atoms with Gasteiger partial charge in [0.05, 0.1) is 0 Å². The van der Waals surface area contributed by atoms with Crippen LogP contribution in [0.4, 0.5) is 0 Å². The first kappa shape index (κ1) is 28.2. The van der Waals surface area contributed by atoms with Crippen LogP contribution in [0.15, 0.2) is 12.7 Å². The Morgan fingerprint density at radius 3 is 1.10 bits per heavy atom. The van der Waals surface area contributed by atoms with Gasteiger partial charge in [-0.1, -0.05) is 136 Å². The van der Waals surface area contributed by atoms with Crippen LogP contribution in [0.5, 0.6) is 0 Å². The highest BCUT2D eigenvalue weighted by Gasteiger charge is 2.09. The summed E-state index contributed by atoms with van der Waals surface area (Å²) in [4.78, 5) is 14.1. The maximum Gasteiger partial charge on any atom is 0.245 e. The normalized spacial score (nSPS) is 11.0. The lowest BCUT2D eigenvalue weighted by molar-refractivity contribution is -0.126. The number of carbonyl (C=O) groups is 1. The molecular formula is C27H53NO. The lowest BCUT2D eigenvalue weighted by Crippen LogP contribution is -2.31. The zero-order valence-electron chi connectivity index (χ0n) is 20.2. The number of hydrogen-bond acceptors (Lipinski definition) is 1. The summed E-state index contributed by atoms with van der Waals surface area (Å²) in [6.45, 7) is 10.1. The van der Waals surface area contributed by atoms with Gasteiger partial charge < -0.3 is 4.90 Å². The van der Waals surface area contributed by atoms with Crippen LogP contribution in [0.1, 0.15) is 142 Å². The molecule has 0 aliphatic carbocycles. The van der Waals surface area contributed by atoms with E-state index in [1.807, 2.05) is 4.90 Å². The van der Waals surface area contributed by atoms with Gasteiger partial charge in [0.2, 0.25) is 5.91 Å². The number of rotatable bonds is 23. The molecule has 0 aliphatic heterocycles. The van der Waals surface area contributed by atoms with Crippen LogP contribution in [0.3, 0.4) is 0 Å². The van der Waals surface area contributed by atoms with Gasteiger partial charge in [0.1, 0.15) is 0 Å². The second kappa shape index (κ2) is 23.5. The second-order valence-corrected chi connectivity index (χ2v) is 8.89. The van der Waals surface area contributed by atoms with Gasteiger partial charge in [0, 0.05) is 13.1 Å². The second-order valence-electron chi connectivity index (χ2n) is 8.89. The van der Waals surface area contributed by atoms with Crippen molar-refractivity contribution >= 4 is 5.91 Å².